The first kappa shape index (κ1) is 27.0. The van der Waals surface area contributed by atoms with Crippen LogP contribution < -0.4 is 5.32 Å². The number of benzene rings is 3. The summed E-state index contributed by atoms with van der Waals surface area (Å²) in [5.74, 6) is -0.920. The van der Waals surface area contributed by atoms with Gasteiger partial charge in [-0.15, -0.1) is 11.3 Å². The van der Waals surface area contributed by atoms with Gasteiger partial charge in [0.05, 0.1) is 5.01 Å². The van der Waals surface area contributed by atoms with E-state index in [9.17, 15) is 19.1 Å². The topological polar surface area (TPSA) is 82.5 Å². The zero-order chi connectivity index (χ0) is 27.4. The van der Waals surface area contributed by atoms with Crippen LogP contribution in [0.15, 0.2) is 78.2 Å². The van der Waals surface area contributed by atoms with E-state index in [4.69, 9.17) is 11.6 Å². The number of halogens is 2. The summed E-state index contributed by atoms with van der Waals surface area (Å²) in [5, 5.41) is 16.4. The average molecular weight is 564 g/mol. The minimum absolute atomic E-state index is 0.127. The van der Waals surface area contributed by atoms with Gasteiger partial charge in [0.2, 0.25) is 0 Å². The maximum Gasteiger partial charge on any atom is 0.275 e. The highest BCUT2D eigenvalue weighted by molar-refractivity contribution is 7.10. The second-order valence-electron chi connectivity index (χ2n) is 9.53. The number of rotatable bonds is 7. The van der Waals surface area contributed by atoms with Crippen molar-refractivity contribution >= 4 is 40.4 Å². The predicted octanol–water partition coefficient (Wildman–Crippen LogP) is 6.16. The largest absolute Gasteiger partial charge is 0.383 e. The Morgan fingerprint density at radius 3 is 2.51 bits per heavy atom. The lowest BCUT2D eigenvalue weighted by atomic mass is 9.96. The Kier molecular flexibility index (Phi) is 8.35. The number of nitrogens with zero attached hydrogens (tertiary/aromatic N) is 2. The van der Waals surface area contributed by atoms with Crippen LogP contribution in [0.4, 0.5) is 10.1 Å². The lowest BCUT2D eigenvalue weighted by Crippen LogP contribution is -2.44. The van der Waals surface area contributed by atoms with Crippen LogP contribution in [0.25, 0.3) is 11.1 Å². The third-order valence-electron chi connectivity index (χ3n) is 6.85. The molecule has 5 rings (SSSR count). The number of hydrogen-bond donors (Lipinski definition) is 2. The highest BCUT2D eigenvalue weighted by atomic mass is 35.5. The van der Waals surface area contributed by atoms with Crippen molar-refractivity contribution < 1.29 is 19.1 Å². The lowest BCUT2D eigenvalue weighted by Gasteiger charge is -2.32. The second-order valence-corrected chi connectivity index (χ2v) is 10.9. The molecule has 1 aliphatic heterocycles. The van der Waals surface area contributed by atoms with E-state index in [2.05, 4.69) is 10.3 Å². The molecule has 9 heteroatoms. The van der Waals surface area contributed by atoms with Gasteiger partial charge in [-0.2, -0.15) is 0 Å². The Hall–Kier alpha value is -3.59. The number of carbonyl (C=O) groups excluding carboxylic acids is 2. The van der Waals surface area contributed by atoms with Gasteiger partial charge in [0.25, 0.3) is 11.8 Å². The number of carbonyl (C=O) groups is 2. The Bertz CT molecular complexity index is 1450. The van der Waals surface area contributed by atoms with Crippen LogP contribution in [-0.4, -0.2) is 46.0 Å². The number of aliphatic hydroxyl groups excluding tert-OH is 1. The van der Waals surface area contributed by atoms with Gasteiger partial charge >= 0.3 is 0 Å². The van der Waals surface area contributed by atoms with Gasteiger partial charge in [0.1, 0.15) is 17.6 Å². The van der Waals surface area contributed by atoms with E-state index in [0.717, 1.165) is 16.1 Å². The van der Waals surface area contributed by atoms with Gasteiger partial charge in [-0.1, -0.05) is 54.1 Å². The maximum absolute atomic E-state index is 14.0. The quantitative estimate of drug-likeness (QED) is 0.282. The number of thiazole rings is 1. The lowest BCUT2D eigenvalue weighted by molar-refractivity contribution is -0.141. The third kappa shape index (κ3) is 6.53. The second kappa shape index (κ2) is 12.1. The molecule has 0 saturated carbocycles. The molecule has 1 aliphatic rings. The normalized spacial score (nSPS) is 14.7. The van der Waals surface area contributed by atoms with E-state index < -0.39 is 11.9 Å². The molecule has 1 saturated heterocycles. The summed E-state index contributed by atoms with van der Waals surface area (Å²) in [6.45, 7) is 1.05. The molecule has 1 aromatic heterocycles. The molecule has 0 unspecified atom stereocenters. The minimum atomic E-state index is -1.07. The van der Waals surface area contributed by atoms with Crippen LogP contribution in [0.2, 0.25) is 5.02 Å². The summed E-state index contributed by atoms with van der Waals surface area (Å²) < 4.78 is 14.0. The fourth-order valence-corrected chi connectivity index (χ4v) is 5.84. The first-order chi connectivity index (χ1) is 18.9. The Morgan fingerprint density at radius 2 is 1.79 bits per heavy atom. The van der Waals surface area contributed by atoms with Crippen molar-refractivity contribution in [2.24, 2.45) is 0 Å². The molecule has 4 aromatic rings. The van der Waals surface area contributed by atoms with Gasteiger partial charge in [-0.05, 0) is 54.3 Å². The van der Waals surface area contributed by atoms with Crippen LogP contribution in [0, 0.1) is 5.82 Å². The fourth-order valence-electron chi connectivity index (χ4n) is 4.74. The highest BCUT2D eigenvalue weighted by Crippen LogP contribution is 2.33. The summed E-state index contributed by atoms with van der Waals surface area (Å²) in [6, 6.07) is 20.6. The number of likely N-dealkylation sites (tertiary alicyclic amines) is 1. The van der Waals surface area contributed by atoms with E-state index in [1.165, 1.54) is 29.5 Å². The van der Waals surface area contributed by atoms with Crippen LogP contribution in [0.5, 0.6) is 0 Å². The predicted molar refractivity (Wildman–Crippen MR) is 152 cm³/mol. The molecule has 0 bridgehead atoms. The molecule has 1 atom stereocenters. The molecule has 0 radical (unpaired) electrons. The molecular formula is C30H27ClFN3O3S. The smallest absolute Gasteiger partial charge is 0.275 e. The molecule has 2 heterocycles. The standard InChI is InChI=1S/C30H27ClFN3O3S/c31-22-8-6-20(7-9-22)24-17-23(32)10-11-25(24)33-28(37)26-18-39-29(34-26)21-12-14-35(15-13-21)30(38)27(36)16-19-4-2-1-3-5-19/h1-11,17-18,21,27,36H,12-16H2,(H,33,37)/t27-/m1/s1. The molecular weight excluding hydrogens is 537 g/mol. The Labute approximate surface area is 235 Å². The van der Waals surface area contributed by atoms with Crippen molar-refractivity contribution in [2.75, 3.05) is 18.4 Å². The van der Waals surface area contributed by atoms with E-state index in [1.54, 1.807) is 34.5 Å². The number of anilines is 1. The maximum atomic E-state index is 14.0. The summed E-state index contributed by atoms with van der Waals surface area (Å²) >= 11 is 7.40. The van der Waals surface area contributed by atoms with Crippen molar-refractivity contribution in [3.8, 4) is 11.1 Å². The summed E-state index contributed by atoms with van der Waals surface area (Å²) in [6.07, 6.45) is 0.634. The molecule has 200 valence electrons. The number of hydrogen-bond acceptors (Lipinski definition) is 5. The molecule has 39 heavy (non-hydrogen) atoms. The summed E-state index contributed by atoms with van der Waals surface area (Å²) in [4.78, 5) is 32.1. The van der Waals surface area contributed by atoms with E-state index >= 15 is 0 Å². The molecule has 3 aromatic carbocycles. The SMILES string of the molecule is O=C(Nc1ccc(F)cc1-c1ccc(Cl)cc1)c1csc(C2CCN(C(=O)[C@H](O)Cc3ccccc3)CC2)n1. The summed E-state index contributed by atoms with van der Waals surface area (Å²) in [7, 11) is 0. The minimum Gasteiger partial charge on any atom is -0.383 e. The number of aliphatic hydroxyl groups is 1. The molecule has 0 spiro atoms. The highest BCUT2D eigenvalue weighted by Gasteiger charge is 2.29. The van der Waals surface area contributed by atoms with Gasteiger partial charge in [0.15, 0.2) is 0 Å². The van der Waals surface area contributed by atoms with Crippen molar-refractivity contribution in [2.45, 2.75) is 31.3 Å². The Morgan fingerprint density at radius 1 is 1.08 bits per heavy atom. The number of piperidine rings is 1. The van der Waals surface area contributed by atoms with E-state index in [1.807, 2.05) is 30.3 Å². The molecule has 2 amide bonds. The van der Waals surface area contributed by atoms with Crippen LogP contribution in [0.3, 0.4) is 0 Å². The molecule has 6 nitrogen and oxygen atoms in total. The Balaban J connectivity index is 1.20. The van der Waals surface area contributed by atoms with E-state index in [0.29, 0.717) is 48.6 Å². The average Bonchev–Trinajstić information content (AvgIpc) is 3.45. The fraction of sp³-hybridized carbons (Fsp3) is 0.233. The van der Waals surface area contributed by atoms with Gasteiger partial charge in [-0.25, -0.2) is 9.37 Å². The monoisotopic (exact) mass is 563 g/mol. The number of amides is 2. The number of aromatic nitrogens is 1. The van der Waals surface area contributed by atoms with Gasteiger partial charge < -0.3 is 15.3 Å². The van der Waals surface area contributed by atoms with Gasteiger partial charge in [-0.3, -0.25) is 9.59 Å². The van der Waals surface area contributed by atoms with Crippen LogP contribution in [0.1, 0.15) is 39.8 Å². The van der Waals surface area contributed by atoms with Crippen LogP contribution >= 0.6 is 22.9 Å². The molecule has 0 aliphatic carbocycles. The van der Waals surface area contributed by atoms with E-state index in [-0.39, 0.29) is 23.4 Å². The zero-order valence-electron chi connectivity index (χ0n) is 21.0. The van der Waals surface area contributed by atoms with Crippen molar-refractivity contribution in [3.63, 3.8) is 0 Å². The molecule has 1 fully saturated rings. The zero-order valence-corrected chi connectivity index (χ0v) is 22.6. The number of nitrogens with one attached hydrogen (secondary N) is 1. The van der Waals surface area contributed by atoms with Crippen molar-refractivity contribution in [1.82, 2.24) is 9.88 Å². The first-order valence-corrected chi connectivity index (χ1v) is 14.0. The summed E-state index contributed by atoms with van der Waals surface area (Å²) in [5.41, 5.74) is 2.95. The van der Waals surface area contributed by atoms with Crippen molar-refractivity contribution in [3.05, 3.63) is 105 Å². The molecule has 2 N–H and O–H groups in total. The first-order valence-electron chi connectivity index (χ1n) is 12.7. The van der Waals surface area contributed by atoms with Crippen LogP contribution in [-0.2, 0) is 11.2 Å². The van der Waals surface area contributed by atoms with Crippen molar-refractivity contribution in [1.29, 1.82) is 0 Å². The third-order valence-corrected chi connectivity index (χ3v) is 8.11. The van der Waals surface area contributed by atoms with Gasteiger partial charge in [0, 0.05) is 47.1 Å².